The van der Waals surface area contributed by atoms with E-state index in [0.29, 0.717) is 59.7 Å². The van der Waals surface area contributed by atoms with E-state index in [1.165, 1.54) is 38.5 Å². The van der Waals surface area contributed by atoms with Crippen molar-refractivity contribution in [3.05, 3.63) is 64.7 Å². The Kier molecular flexibility index (Phi) is 10.7. The van der Waals surface area contributed by atoms with Crippen molar-refractivity contribution in [2.24, 2.45) is 20.5 Å². The van der Waals surface area contributed by atoms with Crippen LogP contribution < -0.4 is 19.1 Å². The van der Waals surface area contributed by atoms with Crippen LogP contribution in [0.25, 0.3) is 0 Å². The molecular weight excluding hydrogens is 508 g/mol. The average molecular weight is 539 g/mol. The van der Waals surface area contributed by atoms with Gasteiger partial charge in [-0.1, -0.05) is 0 Å². The molecule has 3 aromatic carbocycles. The standard InChI is InChI=1S/C26H30N6O7/c1-4-39-26-15-20(31(11-13-33)12-14-34)9-10-21(26)28-30-23-17-24(37-2)22(16-25(23)38-3)29-27-18-5-7-19(8-6-18)32(35)36/h5-10,15-17,33-34H,4,11-14H2,1-3H3. The highest BCUT2D eigenvalue weighted by atomic mass is 16.6. The summed E-state index contributed by atoms with van der Waals surface area (Å²) in [5.74, 6) is 1.21. The number of aliphatic hydroxyl groups excluding tert-OH is 2. The van der Waals surface area contributed by atoms with Gasteiger partial charge in [0.1, 0.15) is 34.3 Å². The van der Waals surface area contributed by atoms with E-state index < -0.39 is 4.92 Å². The van der Waals surface area contributed by atoms with E-state index in [9.17, 15) is 20.3 Å². The van der Waals surface area contributed by atoms with Crippen LogP contribution in [0.15, 0.2) is 75.1 Å². The van der Waals surface area contributed by atoms with Crippen LogP contribution in [0.3, 0.4) is 0 Å². The number of ether oxygens (including phenoxy) is 3. The maximum Gasteiger partial charge on any atom is 0.269 e. The molecule has 0 amide bonds. The highest BCUT2D eigenvalue weighted by Gasteiger charge is 2.14. The van der Waals surface area contributed by atoms with Crippen molar-refractivity contribution in [1.29, 1.82) is 0 Å². The zero-order valence-corrected chi connectivity index (χ0v) is 21.9. The van der Waals surface area contributed by atoms with Gasteiger partial charge in [-0.05, 0) is 31.2 Å². The second-order valence-corrected chi connectivity index (χ2v) is 7.89. The second kappa shape index (κ2) is 14.4. The number of azo groups is 2. The Balaban J connectivity index is 1.91. The Morgan fingerprint density at radius 1 is 0.795 bits per heavy atom. The van der Waals surface area contributed by atoms with Crippen molar-refractivity contribution in [3.8, 4) is 17.2 Å². The predicted octanol–water partition coefficient (Wildman–Crippen LogP) is 5.63. The van der Waals surface area contributed by atoms with Crippen molar-refractivity contribution < 1.29 is 29.3 Å². The normalized spacial score (nSPS) is 11.2. The van der Waals surface area contributed by atoms with Gasteiger partial charge in [-0.3, -0.25) is 10.1 Å². The Bertz CT molecular complexity index is 1310. The van der Waals surface area contributed by atoms with Crippen molar-refractivity contribution in [2.75, 3.05) is 52.0 Å². The molecule has 0 heterocycles. The lowest BCUT2D eigenvalue weighted by molar-refractivity contribution is -0.384. The third-order valence-electron chi connectivity index (χ3n) is 5.43. The number of aliphatic hydroxyl groups is 2. The summed E-state index contributed by atoms with van der Waals surface area (Å²) >= 11 is 0. The van der Waals surface area contributed by atoms with Crippen LogP contribution in [0, 0.1) is 10.1 Å². The Morgan fingerprint density at radius 3 is 1.87 bits per heavy atom. The molecule has 0 saturated heterocycles. The minimum absolute atomic E-state index is 0.0438. The van der Waals surface area contributed by atoms with Crippen LogP contribution in [0.1, 0.15) is 6.92 Å². The lowest BCUT2D eigenvalue weighted by Gasteiger charge is -2.23. The lowest BCUT2D eigenvalue weighted by atomic mass is 10.2. The zero-order chi connectivity index (χ0) is 28.2. The molecule has 0 aromatic heterocycles. The minimum atomic E-state index is -0.489. The van der Waals surface area contributed by atoms with Crippen LogP contribution in [-0.4, -0.2) is 62.3 Å². The van der Waals surface area contributed by atoms with Gasteiger partial charge in [0.15, 0.2) is 0 Å². The Labute approximate surface area is 225 Å². The molecule has 13 nitrogen and oxygen atoms in total. The van der Waals surface area contributed by atoms with Gasteiger partial charge in [0.05, 0.1) is 44.7 Å². The maximum atomic E-state index is 10.8. The SMILES string of the molecule is CCOc1cc(N(CCO)CCO)ccc1N=Nc1cc(OC)c(N=Nc2ccc([N+](=O)[O-])cc2)cc1OC. The van der Waals surface area contributed by atoms with E-state index >= 15 is 0 Å². The molecule has 3 rings (SSSR count). The lowest BCUT2D eigenvalue weighted by Crippen LogP contribution is -2.29. The van der Waals surface area contributed by atoms with Crippen molar-refractivity contribution in [1.82, 2.24) is 0 Å². The summed E-state index contributed by atoms with van der Waals surface area (Å²) in [6.45, 7) is 2.85. The third kappa shape index (κ3) is 7.69. The summed E-state index contributed by atoms with van der Waals surface area (Å²) in [4.78, 5) is 12.2. The number of nitrogens with zero attached hydrogens (tertiary/aromatic N) is 6. The molecule has 0 aliphatic carbocycles. The zero-order valence-electron chi connectivity index (χ0n) is 21.9. The molecule has 3 aromatic rings. The van der Waals surface area contributed by atoms with E-state index in [2.05, 4.69) is 20.5 Å². The van der Waals surface area contributed by atoms with Gasteiger partial charge in [-0.2, -0.15) is 5.11 Å². The molecule has 2 N–H and O–H groups in total. The first-order valence-corrected chi connectivity index (χ1v) is 12.0. The second-order valence-electron chi connectivity index (χ2n) is 7.89. The largest absolute Gasteiger partial charge is 0.494 e. The molecule has 39 heavy (non-hydrogen) atoms. The Hall–Kier alpha value is -4.62. The van der Waals surface area contributed by atoms with Gasteiger partial charge in [0.2, 0.25) is 0 Å². The number of methoxy groups -OCH3 is 2. The summed E-state index contributed by atoms with van der Waals surface area (Å²) in [5.41, 5.74) is 2.35. The molecule has 0 spiro atoms. The first-order chi connectivity index (χ1) is 18.9. The molecule has 0 bridgehead atoms. The first-order valence-electron chi connectivity index (χ1n) is 12.0. The number of nitro groups is 1. The predicted molar refractivity (Wildman–Crippen MR) is 145 cm³/mol. The number of hydrogen-bond acceptors (Lipinski definition) is 12. The number of non-ortho nitro benzene ring substituents is 1. The maximum absolute atomic E-state index is 10.8. The fourth-order valence-corrected chi connectivity index (χ4v) is 3.55. The van der Waals surface area contributed by atoms with Crippen molar-refractivity contribution in [3.63, 3.8) is 0 Å². The van der Waals surface area contributed by atoms with E-state index in [1.54, 1.807) is 24.3 Å². The van der Waals surface area contributed by atoms with Gasteiger partial charge >= 0.3 is 0 Å². The van der Waals surface area contributed by atoms with E-state index in [0.717, 1.165) is 5.69 Å². The number of rotatable bonds is 14. The molecule has 13 heteroatoms. The van der Waals surface area contributed by atoms with E-state index in [-0.39, 0.29) is 18.9 Å². The van der Waals surface area contributed by atoms with Crippen molar-refractivity contribution in [2.45, 2.75) is 6.92 Å². The third-order valence-corrected chi connectivity index (χ3v) is 5.43. The van der Waals surface area contributed by atoms with Gasteiger partial charge in [0, 0.05) is 49.1 Å². The number of hydrogen-bond donors (Lipinski definition) is 2. The topological polar surface area (TPSA) is 164 Å². The van der Waals surface area contributed by atoms with E-state index in [1.807, 2.05) is 17.9 Å². The molecule has 0 fully saturated rings. The molecule has 0 aliphatic heterocycles. The van der Waals surface area contributed by atoms with Gasteiger partial charge in [-0.25, -0.2) is 0 Å². The number of anilines is 1. The molecule has 0 unspecified atom stereocenters. The average Bonchev–Trinajstić information content (AvgIpc) is 2.95. The summed E-state index contributed by atoms with van der Waals surface area (Å²) in [7, 11) is 2.96. The highest BCUT2D eigenvalue weighted by molar-refractivity contribution is 5.67. The van der Waals surface area contributed by atoms with Crippen LogP contribution in [-0.2, 0) is 0 Å². The summed E-state index contributed by atoms with van der Waals surface area (Å²) in [6.07, 6.45) is 0. The van der Waals surface area contributed by atoms with E-state index in [4.69, 9.17) is 14.2 Å². The fourth-order valence-electron chi connectivity index (χ4n) is 3.55. The summed E-state index contributed by atoms with van der Waals surface area (Å²) in [5, 5.41) is 46.6. The molecule has 0 atom stereocenters. The van der Waals surface area contributed by atoms with Gasteiger partial charge in [0.25, 0.3) is 5.69 Å². The van der Waals surface area contributed by atoms with Crippen LogP contribution >= 0.6 is 0 Å². The molecule has 0 saturated carbocycles. The Morgan fingerprint density at radius 2 is 1.36 bits per heavy atom. The van der Waals surface area contributed by atoms with Crippen LogP contribution in [0.5, 0.6) is 17.2 Å². The van der Waals surface area contributed by atoms with Crippen LogP contribution in [0.4, 0.5) is 34.1 Å². The smallest absolute Gasteiger partial charge is 0.269 e. The fraction of sp³-hybridized carbons (Fsp3) is 0.308. The molecule has 206 valence electrons. The summed E-state index contributed by atoms with van der Waals surface area (Å²) in [6, 6.07) is 14.2. The van der Waals surface area contributed by atoms with Crippen LogP contribution in [0.2, 0.25) is 0 Å². The van der Waals surface area contributed by atoms with Crippen molar-refractivity contribution >= 4 is 34.1 Å². The minimum Gasteiger partial charge on any atom is -0.494 e. The molecular formula is C26H30N6O7. The molecule has 0 radical (unpaired) electrons. The number of nitro benzene ring substituents is 1. The monoisotopic (exact) mass is 538 g/mol. The highest BCUT2D eigenvalue weighted by Crippen LogP contribution is 2.42. The van der Waals surface area contributed by atoms with Gasteiger partial charge in [-0.15, -0.1) is 15.3 Å². The quantitative estimate of drug-likeness (QED) is 0.151. The number of benzene rings is 3. The first kappa shape index (κ1) is 28.9. The van der Waals surface area contributed by atoms with Gasteiger partial charge < -0.3 is 29.3 Å². The molecule has 0 aliphatic rings. The summed E-state index contributed by atoms with van der Waals surface area (Å²) < 4.78 is 16.7.